The van der Waals surface area contributed by atoms with Gasteiger partial charge in [0.15, 0.2) is 5.60 Å². The van der Waals surface area contributed by atoms with Gasteiger partial charge in [-0.15, -0.1) is 11.3 Å². The fourth-order valence-electron chi connectivity index (χ4n) is 2.21. The zero-order valence-electron chi connectivity index (χ0n) is 13.2. The fourth-order valence-corrected chi connectivity index (χ4v) is 3.17. The Morgan fingerprint density at radius 2 is 1.96 bits per heavy atom. The molecular formula is C18H17NO3S. The number of carboxylic acid groups (broad SMARTS) is 1. The molecule has 0 aliphatic carbocycles. The van der Waals surface area contributed by atoms with Crippen LogP contribution in [0, 0.1) is 6.92 Å². The van der Waals surface area contributed by atoms with Gasteiger partial charge in [0.05, 0.1) is 10.2 Å². The van der Waals surface area contributed by atoms with Crippen LogP contribution in [0.15, 0.2) is 42.5 Å². The van der Waals surface area contributed by atoms with E-state index in [-0.39, 0.29) is 0 Å². The highest BCUT2D eigenvalue weighted by Gasteiger charge is 2.29. The topological polar surface area (TPSA) is 59.4 Å². The predicted molar refractivity (Wildman–Crippen MR) is 92.1 cm³/mol. The van der Waals surface area contributed by atoms with Crippen LogP contribution in [0.5, 0.6) is 5.75 Å². The quantitative estimate of drug-likeness (QED) is 0.765. The van der Waals surface area contributed by atoms with E-state index in [1.807, 2.05) is 37.3 Å². The number of nitrogens with zero attached hydrogens (tertiary/aromatic N) is 1. The van der Waals surface area contributed by atoms with E-state index in [4.69, 9.17) is 4.74 Å². The second-order valence-electron chi connectivity index (χ2n) is 5.88. The first kappa shape index (κ1) is 15.5. The molecule has 0 saturated carbocycles. The maximum atomic E-state index is 11.2. The molecular weight excluding hydrogens is 310 g/mol. The molecule has 1 N–H and O–H groups in total. The van der Waals surface area contributed by atoms with E-state index < -0.39 is 11.6 Å². The standard InChI is InChI=1S/C18H17NO3S/c1-11-10-12(8-9-14(11)22-18(2,3)17(20)21)16-19-13-6-4-5-7-15(13)23-16/h4-10H,1-3H3,(H,20,21). The zero-order valence-corrected chi connectivity index (χ0v) is 14.0. The molecule has 0 aliphatic heterocycles. The van der Waals surface area contributed by atoms with Gasteiger partial charge in [-0.05, 0) is 56.7 Å². The molecule has 0 saturated heterocycles. The van der Waals surface area contributed by atoms with Crippen molar-refractivity contribution in [1.82, 2.24) is 4.98 Å². The van der Waals surface area contributed by atoms with E-state index in [1.165, 1.54) is 13.8 Å². The van der Waals surface area contributed by atoms with E-state index in [0.717, 1.165) is 26.4 Å². The number of thiazole rings is 1. The van der Waals surface area contributed by atoms with Crippen LogP contribution in [0.2, 0.25) is 0 Å². The molecule has 23 heavy (non-hydrogen) atoms. The largest absolute Gasteiger partial charge is 0.478 e. The number of carbonyl (C=O) groups is 1. The highest BCUT2D eigenvalue weighted by molar-refractivity contribution is 7.21. The minimum atomic E-state index is -1.26. The van der Waals surface area contributed by atoms with E-state index >= 15 is 0 Å². The third-order valence-electron chi connectivity index (χ3n) is 3.60. The van der Waals surface area contributed by atoms with E-state index in [1.54, 1.807) is 17.4 Å². The normalized spacial score (nSPS) is 11.6. The van der Waals surface area contributed by atoms with Gasteiger partial charge in [-0.2, -0.15) is 0 Å². The first-order valence-corrected chi connectivity index (χ1v) is 8.07. The smallest absolute Gasteiger partial charge is 0.347 e. The van der Waals surface area contributed by atoms with Gasteiger partial charge < -0.3 is 9.84 Å². The number of hydrogen-bond acceptors (Lipinski definition) is 4. The number of aromatic nitrogens is 1. The Bertz CT molecular complexity index is 850. The maximum Gasteiger partial charge on any atom is 0.347 e. The maximum absolute atomic E-state index is 11.2. The average Bonchev–Trinajstić information content (AvgIpc) is 2.93. The van der Waals surface area contributed by atoms with Crippen LogP contribution in [-0.4, -0.2) is 21.7 Å². The molecule has 1 heterocycles. The van der Waals surface area contributed by atoms with Crippen LogP contribution in [0.3, 0.4) is 0 Å². The third kappa shape index (κ3) is 3.05. The molecule has 0 unspecified atom stereocenters. The first-order chi connectivity index (χ1) is 10.9. The molecule has 4 nitrogen and oxygen atoms in total. The summed E-state index contributed by atoms with van der Waals surface area (Å²) in [6.07, 6.45) is 0. The molecule has 0 fully saturated rings. The van der Waals surface area contributed by atoms with Gasteiger partial charge in [-0.3, -0.25) is 0 Å². The first-order valence-electron chi connectivity index (χ1n) is 7.26. The summed E-state index contributed by atoms with van der Waals surface area (Å²) in [5.41, 5.74) is 1.61. The summed E-state index contributed by atoms with van der Waals surface area (Å²) in [6.45, 7) is 4.98. The summed E-state index contributed by atoms with van der Waals surface area (Å²) in [5, 5.41) is 10.1. The fraction of sp³-hybridized carbons (Fsp3) is 0.222. The van der Waals surface area contributed by atoms with Crippen LogP contribution in [0.1, 0.15) is 19.4 Å². The highest BCUT2D eigenvalue weighted by atomic mass is 32.1. The van der Waals surface area contributed by atoms with Crippen molar-refractivity contribution in [2.45, 2.75) is 26.4 Å². The molecule has 3 aromatic rings. The van der Waals surface area contributed by atoms with Gasteiger partial charge in [0.2, 0.25) is 0 Å². The lowest BCUT2D eigenvalue weighted by Crippen LogP contribution is -2.38. The number of ether oxygens (including phenoxy) is 1. The number of benzene rings is 2. The molecule has 3 rings (SSSR count). The van der Waals surface area contributed by atoms with Crippen LogP contribution in [0.25, 0.3) is 20.8 Å². The number of hydrogen-bond donors (Lipinski definition) is 1. The van der Waals surface area contributed by atoms with Crippen molar-refractivity contribution in [2.24, 2.45) is 0 Å². The molecule has 0 radical (unpaired) electrons. The number of aliphatic carboxylic acids is 1. The van der Waals surface area contributed by atoms with Gasteiger partial charge in [-0.25, -0.2) is 9.78 Å². The third-order valence-corrected chi connectivity index (χ3v) is 4.68. The second kappa shape index (κ2) is 5.66. The molecule has 0 spiro atoms. The van der Waals surface area contributed by atoms with Crippen LogP contribution < -0.4 is 4.74 Å². The zero-order chi connectivity index (χ0) is 16.6. The van der Waals surface area contributed by atoms with Crippen molar-refractivity contribution < 1.29 is 14.6 Å². The minimum Gasteiger partial charge on any atom is -0.478 e. The summed E-state index contributed by atoms with van der Waals surface area (Å²) >= 11 is 1.64. The van der Waals surface area contributed by atoms with E-state index in [9.17, 15) is 9.90 Å². The number of carboxylic acids is 1. The van der Waals surface area contributed by atoms with Crippen molar-refractivity contribution in [3.63, 3.8) is 0 Å². The van der Waals surface area contributed by atoms with Crippen molar-refractivity contribution in [3.8, 4) is 16.3 Å². The van der Waals surface area contributed by atoms with Crippen molar-refractivity contribution in [1.29, 1.82) is 0 Å². The molecule has 0 aliphatic rings. The number of rotatable bonds is 4. The summed E-state index contributed by atoms with van der Waals surface area (Å²) < 4.78 is 6.77. The Hall–Kier alpha value is -2.40. The Kier molecular flexibility index (Phi) is 3.82. The lowest BCUT2D eigenvalue weighted by molar-refractivity contribution is -0.152. The van der Waals surface area contributed by atoms with Gasteiger partial charge in [0, 0.05) is 5.56 Å². The number of para-hydroxylation sites is 1. The Balaban J connectivity index is 1.94. The molecule has 2 aromatic carbocycles. The minimum absolute atomic E-state index is 0.572. The van der Waals surface area contributed by atoms with Crippen molar-refractivity contribution in [3.05, 3.63) is 48.0 Å². The number of fused-ring (bicyclic) bond motifs is 1. The van der Waals surface area contributed by atoms with E-state index in [0.29, 0.717) is 5.75 Å². The van der Waals surface area contributed by atoms with Crippen molar-refractivity contribution >= 4 is 27.5 Å². The summed E-state index contributed by atoms with van der Waals surface area (Å²) in [4.78, 5) is 15.8. The Morgan fingerprint density at radius 3 is 2.61 bits per heavy atom. The summed E-state index contributed by atoms with van der Waals surface area (Å²) in [5.74, 6) is -0.422. The Morgan fingerprint density at radius 1 is 1.22 bits per heavy atom. The van der Waals surface area contributed by atoms with Crippen LogP contribution in [-0.2, 0) is 4.79 Å². The molecule has 5 heteroatoms. The summed E-state index contributed by atoms with van der Waals surface area (Å²) in [7, 11) is 0. The van der Waals surface area contributed by atoms with Crippen LogP contribution >= 0.6 is 11.3 Å². The van der Waals surface area contributed by atoms with Gasteiger partial charge >= 0.3 is 5.97 Å². The molecule has 0 amide bonds. The summed E-state index contributed by atoms with van der Waals surface area (Å²) in [6, 6.07) is 13.7. The molecule has 118 valence electrons. The molecule has 0 bridgehead atoms. The van der Waals surface area contributed by atoms with Gasteiger partial charge in [0.25, 0.3) is 0 Å². The van der Waals surface area contributed by atoms with E-state index in [2.05, 4.69) is 11.1 Å². The monoisotopic (exact) mass is 327 g/mol. The predicted octanol–water partition coefficient (Wildman–Crippen LogP) is 4.51. The average molecular weight is 327 g/mol. The Labute approximate surface area is 138 Å². The number of aryl methyl sites for hydroxylation is 1. The second-order valence-corrected chi connectivity index (χ2v) is 6.92. The van der Waals surface area contributed by atoms with Crippen molar-refractivity contribution in [2.75, 3.05) is 0 Å². The van der Waals surface area contributed by atoms with Gasteiger partial charge in [0.1, 0.15) is 10.8 Å². The highest BCUT2D eigenvalue weighted by Crippen LogP contribution is 2.33. The molecule has 0 atom stereocenters. The lowest BCUT2D eigenvalue weighted by Gasteiger charge is -2.22. The van der Waals surface area contributed by atoms with Crippen LogP contribution in [0.4, 0.5) is 0 Å². The lowest BCUT2D eigenvalue weighted by atomic mass is 10.1. The van der Waals surface area contributed by atoms with Gasteiger partial charge in [-0.1, -0.05) is 12.1 Å². The molecule has 1 aromatic heterocycles. The SMILES string of the molecule is Cc1cc(-c2nc3ccccc3s2)ccc1OC(C)(C)C(=O)O.